The molecule has 3 rings (SSSR count). The number of nitrogens with zero attached hydrogens (tertiary/aromatic N) is 1. The van der Waals surface area contributed by atoms with E-state index in [4.69, 9.17) is 20.9 Å². The third-order valence-electron chi connectivity index (χ3n) is 3.95. The molecule has 2 aromatic rings. The van der Waals surface area contributed by atoms with Crippen molar-refractivity contribution in [2.45, 2.75) is 46.8 Å². The molecule has 1 aromatic heterocycles. The number of fused-ring (bicyclic) bond motifs is 3. The summed E-state index contributed by atoms with van der Waals surface area (Å²) in [6.07, 6.45) is 2.63. The van der Waals surface area contributed by atoms with Crippen molar-refractivity contribution in [1.82, 2.24) is 4.98 Å². The SMILES string of the molecule is CC.CC(N)CC(C)COc1ccc2c(c1)COc1cnc(N)cc1-2. The molecule has 2 unspecified atom stereocenters. The van der Waals surface area contributed by atoms with Crippen LogP contribution in [-0.4, -0.2) is 17.6 Å². The molecule has 2 atom stereocenters. The maximum Gasteiger partial charge on any atom is 0.146 e. The molecule has 0 bridgehead atoms. The largest absolute Gasteiger partial charge is 0.493 e. The molecular weight excluding hydrogens is 314 g/mol. The van der Waals surface area contributed by atoms with E-state index in [9.17, 15) is 0 Å². The van der Waals surface area contributed by atoms with Crippen LogP contribution in [0.1, 0.15) is 39.7 Å². The maximum atomic E-state index is 5.90. The van der Waals surface area contributed by atoms with E-state index in [-0.39, 0.29) is 6.04 Å². The first-order valence-corrected chi connectivity index (χ1v) is 8.93. The van der Waals surface area contributed by atoms with Crippen molar-refractivity contribution >= 4 is 5.82 Å². The molecule has 1 aromatic carbocycles. The molecule has 0 saturated heterocycles. The third-order valence-corrected chi connectivity index (χ3v) is 3.95. The van der Waals surface area contributed by atoms with Gasteiger partial charge in [-0.05, 0) is 43.0 Å². The lowest BCUT2D eigenvalue weighted by molar-refractivity contribution is 0.245. The molecule has 0 amide bonds. The molecule has 1 aliphatic rings. The Morgan fingerprint density at radius 1 is 1.20 bits per heavy atom. The van der Waals surface area contributed by atoms with Gasteiger partial charge in [-0.25, -0.2) is 4.98 Å². The highest BCUT2D eigenvalue weighted by Gasteiger charge is 2.18. The van der Waals surface area contributed by atoms with Gasteiger partial charge in [-0.1, -0.05) is 26.8 Å². The Kier molecular flexibility index (Phi) is 6.65. The number of benzene rings is 1. The predicted molar refractivity (Wildman–Crippen MR) is 103 cm³/mol. The topological polar surface area (TPSA) is 83.4 Å². The molecular formula is C20H29N3O2. The molecule has 0 saturated carbocycles. The van der Waals surface area contributed by atoms with Crippen molar-refractivity contribution in [3.63, 3.8) is 0 Å². The summed E-state index contributed by atoms with van der Waals surface area (Å²) in [6, 6.07) is 8.12. The second-order valence-electron chi connectivity index (χ2n) is 6.34. The number of anilines is 1. The fraction of sp³-hybridized carbons (Fsp3) is 0.450. The summed E-state index contributed by atoms with van der Waals surface area (Å²) < 4.78 is 11.6. The lowest BCUT2D eigenvalue weighted by Gasteiger charge is -2.22. The van der Waals surface area contributed by atoms with E-state index >= 15 is 0 Å². The molecule has 0 radical (unpaired) electrons. The maximum absolute atomic E-state index is 5.90. The Morgan fingerprint density at radius 2 is 1.96 bits per heavy atom. The zero-order valence-electron chi connectivity index (χ0n) is 15.6. The fourth-order valence-corrected chi connectivity index (χ4v) is 2.92. The molecule has 5 heteroatoms. The van der Waals surface area contributed by atoms with Crippen LogP contribution in [0.25, 0.3) is 11.1 Å². The Labute approximate surface area is 150 Å². The average Bonchev–Trinajstić information content (AvgIpc) is 2.60. The Hall–Kier alpha value is -2.27. The van der Waals surface area contributed by atoms with Crippen molar-refractivity contribution in [3.05, 3.63) is 36.0 Å². The molecule has 25 heavy (non-hydrogen) atoms. The molecule has 136 valence electrons. The minimum atomic E-state index is 0.195. The van der Waals surface area contributed by atoms with Crippen LogP contribution in [0.15, 0.2) is 30.5 Å². The number of hydrogen-bond acceptors (Lipinski definition) is 5. The number of nitrogens with two attached hydrogens (primary N) is 2. The van der Waals surface area contributed by atoms with Crippen LogP contribution < -0.4 is 20.9 Å². The summed E-state index contributed by atoms with van der Waals surface area (Å²) in [4.78, 5) is 4.07. The van der Waals surface area contributed by atoms with E-state index in [0.717, 1.165) is 34.6 Å². The van der Waals surface area contributed by atoms with Crippen LogP contribution in [0.5, 0.6) is 11.5 Å². The molecule has 1 aliphatic heterocycles. The summed E-state index contributed by atoms with van der Waals surface area (Å²) >= 11 is 0. The van der Waals surface area contributed by atoms with Crippen molar-refractivity contribution in [3.8, 4) is 22.6 Å². The van der Waals surface area contributed by atoms with Gasteiger partial charge in [0.15, 0.2) is 0 Å². The van der Waals surface area contributed by atoms with Crippen LogP contribution in [0.3, 0.4) is 0 Å². The predicted octanol–water partition coefficient (Wildman–Crippen LogP) is 4.00. The van der Waals surface area contributed by atoms with Gasteiger partial charge in [-0.3, -0.25) is 0 Å². The molecule has 0 fully saturated rings. The summed E-state index contributed by atoms with van der Waals surface area (Å²) in [5.41, 5.74) is 14.8. The molecule has 5 nitrogen and oxygen atoms in total. The Balaban J connectivity index is 0.00000109. The standard InChI is InChI=1S/C18H23N3O2.C2H6/c1-11(5-12(2)19)9-22-14-3-4-15-13(6-14)10-23-17-8-21-18(20)7-16(15)17;1-2/h3-4,6-8,11-12H,5,9-10,19H2,1-2H3,(H2,20,21);1-2H3. The van der Waals surface area contributed by atoms with Gasteiger partial charge < -0.3 is 20.9 Å². The van der Waals surface area contributed by atoms with Crippen molar-refractivity contribution in [1.29, 1.82) is 0 Å². The molecule has 2 heterocycles. The van der Waals surface area contributed by atoms with Crippen molar-refractivity contribution in [2.75, 3.05) is 12.3 Å². The molecule has 0 spiro atoms. The van der Waals surface area contributed by atoms with Gasteiger partial charge in [0.25, 0.3) is 0 Å². The number of hydrogen-bond donors (Lipinski definition) is 2. The highest BCUT2D eigenvalue weighted by Crippen LogP contribution is 2.39. The summed E-state index contributed by atoms with van der Waals surface area (Å²) in [5, 5.41) is 0. The monoisotopic (exact) mass is 343 g/mol. The zero-order chi connectivity index (χ0) is 18.4. The highest BCUT2D eigenvalue weighted by molar-refractivity contribution is 5.77. The summed E-state index contributed by atoms with van der Waals surface area (Å²) in [7, 11) is 0. The van der Waals surface area contributed by atoms with Gasteiger partial charge in [-0.2, -0.15) is 0 Å². The van der Waals surface area contributed by atoms with Gasteiger partial charge >= 0.3 is 0 Å². The van der Waals surface area contributed by atoms with Gasteiger partial charge in [0.1, 0.15) is 23.9 Å². The first-order valence-electron chi connectivity index (χ1n) is 8.93. The third kappa shape index (κ3) is 4.86. The van der Waals surface area contributed by atoms with E-state index in [1.165, 1.54) is 0 Å². The second-order valence-corrected chi connectivity index (χ2v) is 6.34. The highest BCUT2D eigenvalue weighted by atomic mass is 16.5. The fourth-order valence-electron chi connectivity index (χ4n) is 2.92. The normalized spacial score (nSPS) is 14.1. The lowest BCUT2D eigenvalue weighted by Crippen LogP contribution is -2.21. The number of nitrogen functional groups attached to an aromatic ring is 1. The van der Waals surface area contributed by atoms with Gasteiger partial charge in [0.05, 0.1) is 12.8 Å². The van der Waals surface area contributed by atoms with Crippen LogP contribution >= 0.6 is 0 Å². The van der Waals surface area contributed by atoms with Crippen LogP contribution in [0.4, 0.5) is 5.82 Å². The Morgan fingerprint density at radius 3 is 2.68 bits per heavy atom. The minimum Gasteiger partial charge on any atom is -0.493 e. The van der Waals surface area contributed by atoms with Gasteiger partial charge in [0, 0.05) is 17.2 Å². The summed E-state index contributed by atoms with van der Waals surface area (Å²) in [6.45, 7) is 9.34. The van der Waals surface area contributed by atoms with Gasteiger partial charge in [0.2, 0.25) is 0 Å². The number of ether oxygens (including phenoxy) is 2. The van der Waals surface area contributed by atoms with E-state index in [2.05, 4.69) is 18.0 Å². The molecule has 4 N–H and O–H groups in total. The molecule has 0 aliphatic carbocycles. The van der Waals surface area contributed by atoms with Gasteiger partial charge in [-0.15, -0.1) is 0 Å². The van der Waals surface area contributed by atoms with Crippen molar-refractivity contribution < 1.29 is 9.47 Å². The Bertz CT molecular complexity index is 701. The minimum absolute atomic E-state index is 0.195. The lowest BCUT2D eigenvalue weighted by atomic mass is 9.97. The van der Waals surface area contributed by atoms with Crippen LogP contribution in [-0.2, 0) is 6.61 Å². The summed E-state index contributed by atoms with van der Waals surface area (Å²) in [5.74, 6) is 2.54. The van der Waals surface area contributed by atoms with E-state index in [0.29, 0.717) is 24.9 Å². The first kappa shape index (κ1) is 19.1. The quantitative estimate of drug-likeness (QED) is 0.857. The number of aromatic nitrogens is 1. The number of pyridine rings is 1. The second kappa shape index (κ2) is 8.72. The van der Waals surface area contributed by atoms with E-state index in [1.807, 2.05) is 39.0 Å². The van der Waals surface area contributed by atoms with Crippen molar-refractivity contribution in [2.24, 2.45) is 11.7 Å². The first-order chi connectivity index (χ1) is 12.0. The zero-order valence-corrected chi connectivity index (χ0v) is 15.6. The smallest absolute Gasteiger partial charge is 0.146 e. The van der Waals surface area contributed by atoms with E-state index in [1.54, 1.807) is 6.20 Å². The number of rotatable bonds is 5. The average molecular weight is 343 g/mol. The van der Waals surface area contributed by atoms with Crippen LogP contribution in [0, 0.1) is 5.92 Å². The van der Waals surface area contributed by atoms with Crippen LogP contribution in [0.2, 0.25) is 0 Å². The van der Waals surface area contributed by atoms with E-state index < -0.39 is 0 Å².